The Morgan fingerprint density at radius 1 is 1.00 bits per heavy atom. The van der Waals surface area contributed by atoms with Gasteiger partial charge in [0.1, 0.15) is 0 Å². The summed E-state index contributed by atoms with van der Waals surface area (Å²) in [6.45, 7) is -0.439. The van der Waals surface area contributed by atoms with Crippen molar-refractivity contribution >= 4 is 55.1 Å². The number of anilines is 1. The topological polar surface area (TPSA) is 102 Å². The van der Waals surface area contributed by atoms with Gasteiger partial charge in [0.15, 0.2) is 6.61 Å². The molecular formula is C25H26BrClN2O5S. The minimum Gasteiger partial charge on any atom is -0.452 e. The number of benzene rings is 2. The molecule has 4 bridgehead atoms. The van der Waals surface area contributed by atoms with Gasteiger partial charge in [-0.3, -0.25) is 9.52 Å². The summed E-state index contributed by atoms with van der Waals surface area (Å²) in [6, 6.07) is 10.4. The molecule has 4 fully saturated rings. The van der Waals surface area contributed by atoms with E-state index in [-0.39, 0.29) is 26.9 Å². The summed E-state index contributed by atoms with van der Waals surface area (Å²) in [6.07, 6.45) is 6.77. The van der Waals surface area contributed by atoms with Gasteiger partial charge in [-0.05, 0) is 98.7 Å². The molecule has 2 aromatic carbocycles. The van der Waals surface area contributed by atoms with Gasteiger partial charge in [-0.1, -0.05) is 27.5 Å². The lowest BCUT2D eigenvalue weighted by molar-refractivity contribution is -0.130. The maximum atomic E-state index is 12.8. The van der Waals surface area contributed by atoms with E-state index in [1.54, 1.807) is 24.3 Å². The van der Waals surface area contributed by atoms with Gasteiger partial charge in [0.2, 0.25) is 0 Å². The molecule has 2 N–H and O–H groups in total. The number of nitrogens with one attached hydrogen (secondary N) is 2. The smallest absolute Gasteiger partial charge is 0.340 e. The average Bonchev–Trinajstić information content (AvgIpc) is 2.78. The summed E-state index contributed by atoms with van der Waals surface area (Å²) in [5.74, 6) is 0.851. The lowest BCUT2D eigenvalue weighted by Gasteiger charge is -2.56. The number of hydrogen-bond donors (Lipinski definition) is 2. The summed E-state index contributed by atoms with van der Waals surface area (Å²) >= 11 is 9.46. The highest BCUT2D eigenvalue weighted by atomic mass is 79.9. The Morgan fingerprint density at radius 3 is 2.20 bits per heavy atom. The van der Waals surface area contributed by atoms with E-state index in [2.05, 4.69) is 26.0 Å². The summed E-state index contributed by atoms with van der Waals surface area (Å²) < 4.78 is 34.1. The molecule has 0 aliphatic heterocycles. The third-order valence-corrected chi connectivity index (χ3v) is 9.58. The summed E-state index contributed by atoms with van der Waals surface area (Å²) in [7, 11) is -3.97. The van der Waals surface area contributed by atoms with Crippen molar-refractivity contribution in [3.63, 3.8) is 0 Å². The van der Waals surface area contributed by atoms with E-state index in [1.165, 1.54) is 31.4 Å². The van der Waals surface area contributed by atoms with E-state index in [0.717, 1.165) is 29.8 Å². The molecular weight excluding hydrogens is 556 g/mol. The van der Waals surface area contributed by atoms with Crippen molar-refractivity contribution in [3.8, 4) is 0 Å². The van der Waals surface area contributed by atoms with Gasteiger partial charge in [-0.2, -0.15) is 0 Å². The minimum absolute atomic E-state index is 0.0408. The Labute approximate surface area is 218 Å². The summed E-state index contributed by atoms with van der Waals surface area (Å²) in [5.41, 5.74) is 0.0735. The first-order chi connectivity index (χ1) is 16.6. The quantitative estimate of drug-likeness (QED) is 0.441. The molecule has 0 unspecified atom stereocenters. The predicted octanol–water partition coefficient (Wildman–Crippen LogP) is 5.15. The summed E-state index contributed by atoms with van der Waals surface area (Å²) in [4.78, 5) is 25.2. The van der Waals surface area contributed by atoms with Crippen LogP contribution in [0.4, 0.5) is 5.69 Å². The Hall–Kier alpha value is -2.10. The average molecular weight is 582 g/mol. The van der Waals surface area contributed by atoms with Gasteiger partial charge >= 0.3 is 5.97 Å². The molecule has 1 amide bonds. The van der Waals surface area contributed by atoms with Crippen molar-refractivity contribution in [2.24, 2.45) is 17.8 Å². The van der Waals surface area contributed by atoms with Crippen molar-refractivity contribution in [1.82, 2.24) is 5.32 Å². The van der Waals surface area contributed by atoms with Crippen molar-refractivity contribution in [2.75, 3.05) is 11.3 Å². The van der Waals surface area contributed by atoms with Gasteiger partial charge in [0.25, 0.3) is 15.9 Å². The molecule has 0 radical (unpaired) electrons. The van der Waals surface area contributed by atoms with Crippen LogP contribution in [0, 0.1) is 17.8 Å². The highest BCUT2D eigenvalue weighted by Crippen LogP contribution is 2.55. The zero-order valence-corrected chi connectivity index (χ0v) is 22.1. The Bertz CT molecular complexity index is 1230. The van der Waals surface area contributed by atoms with Crippen LogP contribution in [0.2, 0.25) is 5.02 Å². The largest absolute Gasteiger partial charge is 0.452 e. The third-order valence-electron chi connectivity index (χ3n) is 7.34. The molecule has 35 heavy (non-hydrogen) atoms. The van der Waals surface area contributed by atoms with E-state index in [9.17, 15) is 18.0 Å². The van der Waals surface area contributed by atoms with Gasteiger partial charge in [0, 0.05) is 15.7 Å². The Balaban J connectivity index is 1.23. The van der Waals surface area contributed by atoms with Crippen LogP contribution in [0.15, 0.2) is 51.8 Å². The van der Waals surface area contributed by atoms with Crippen LogP contribution in [0.3, 0.4) is 0 Å². The molecule has 0 saturated heterocycles. The second-order valence-corrected chi connectivity index (χ2v) is 13.1. The van der Waals surface area contributed by atoms with Gasteiger partial charge in [-0.15, -0.1) is 0 Å². The van der Waals surface area contributed by atoms with Crippen LogP contribution >= 0.6 is 27.5 Å². The molecule has 0 heterocycles. The predicted molar refractivity (Wildman–Crippen MR) is 136 cm³/mol. The van der Waals surface area contributed by atoms with Crippen LogP contribution in [0.1, 0.15) is 48.9 Å². The van der Waals surface area contributed by atoms with Crippen LogP contribution < -0.4 is 10.0 Å². The first-order valence-electron chi connectivity index (χ1n) is 11.7. The zero-order chi connectivity index (χ0) is 24.8. The maximum Gasteiger partial charge on any atom is 0.340 e. The second-order valence-electron chi connectivity index (χ2n) is 10.1. The molecule has 0 aromatic heterocycles. The van der Waals surface area contributed by atoms with E-state index >= 15 is 0 Å². The normalized spacial score (nSPS) is 26.9. The third kappa shape index (κ3) is 5.37. The number of carbonyl (C=O) groups excluding carboxylic acids is 2. The van der Waals surface area contributed by atoms with Crippen molar-refractivity contribution < 1.29 is 22.7 Å². The fourth-order valence-corrected chi connectivity index (χ4v) is 7.91. The zero-order valence-electron chi connectivity index (χ0n) is 18.9. The van der Waals surface area contributed by atoms with Crippen LogP contribution in [0.25, 0.3) is 0 Å². The van der Waals surface area contributed by atoms with E-state index in [4.69, 9.17) is 16.3 Å². The lowest BCUT2D eigenvalue weighted by atomic mass is 9.53. The number of amides is 1. The number of halogens is 2. The number of ether oxygens (including phenoxy) is 1. The molecule has 4 saturated carbocycles. The molecule has 0 atom stereocenters. The molecule has 10 heteroatoms. The molecule has 186 valence electrons. The maximum absolute atomic E-state index is 12.8. The summed E-state index contributed by atoms with van der Waals surface area (Å²) in [5, 5.41) is 3.20. The number of esters is 1. The number of carbonyl (C=O) groups is 2. The first kappa shape index (κ1) is 24.6. The van der Waals surface area contributed by atoms with Crippen LogP contribution in [0.5, 0.6) is 0 Å². The number of rotatable bonds is 7. The molecule has 2 aromatic rings. The van der Waals surface area contributed by atoms with Crippen LogP contribution in [-0.2, 0) is 19.6 Å². The standard InChI is InChI=1S/C25H26BrClN2O5S/c26-18-1-3-19(4-2-18)29-35(32,33)20-5-6-22(27)21(10-20)24(31)34-14-23(30)28-25-11-15-7-16(12-25)9-17(8-15)13-25/h1-6,10,15-17,29H,7-9,11-14H2,(H,28,30). The highest BCUT2D eigenvalue weighted by molar-refractivity contribution is 9.10. The molecule has 4 aliphatic carbocycles. The van der Waals surface area contributed by atoms with E-state index < -0.39 is 22.6 Å². The fraction of sp³-hybridized carbons (Fsp3) is 0.440. The van der Waals surface area contributed by atoms with E-state index in [1.807, 2.05) is 0 Å². The first-order valence-corrected chi connectivity index (χ1v) is 14.3. The molecule has 0 spiro atoms. The highest BCUT2D eigenvalue weighted by Gasteiger charge is 2.51. The molecule has 6 rings (SSSR count). The van der Waals surface area contributed by atoms with Gasteiger partial charge in [0.05, 0.1) is 15.5 Å². The minimum atomic E-state index is -3.97. The van der Waals surface area contributed by atoms with Gasteiger partial charge < -0.3 is 10.1 Å². The molecule has 4 aliphatic rings. The van der Waals surface area contributed by atoms with Crippen LogP contribution in [-0.4, -0.2) is 32.4 Å². The molecule has 7 nitrogen and oxygen atoms in total. The van der Waals surface area contributed by atoms with Crippen molar-refractivity contribution in [1.29, 1.82) is 0 Å². The second kappa shape index (κ2) is 9.41. The van der Waals surface area contributed by atoms with Crippen molar-refractivity contribution in [3.05, 3.63) is 57.5 Å². The Kier molecular flexibility index (Phi) is 6.61. The van der Waals surface area contributed by atoms with E-state index in [0.29, 0.717) is 23.4 Å². The number of hydrogen-bond acceptors (Lipinski definition) is 5. The van der Waals surface area contributed by atoms with Crippen molar-refractivity contribution in [2.45, 2.75) is 49.0 Å². The van der Waals surface area contributed by atoms with Gasteiger partial charge in [-0.25, -0.2) is 13.2 Å². The SMILES string of the molecule is O=C(COC(=O)c1cc(S(=O)(=O)Nc2ccc(Br)cc2)ccc1Cl)NC12CC3CC(CC(C3)C1)C2. The number of sulfonamides is 1. The Morgan fingerprint density at radius 2 is 1.60 bits per heavy atom. The fourth-order valence-electron chi connectivity index (χ4n) is 6.36. The monoisotopic (exact) mass is 580 g/mol. The lowest BCUT2D eigenvalue weighted by Crippen LogP contribution is -2.60.